The highest BCUT2D eigenvalue weighted by Crippen LogP contribution is 2.16. The summed E-state index contributed by atoms with van der Waals surface area (Å²) in [6.07, 6.45) is 0. The van der Waals surface area contributed by atoms with Gasteiger partial charge in [-0.05, 0) is 12.3 Å². The van der Waals surface area contributed by atoms with E-state index < -0.39 is 9.84 Å². The molecule has 0 bridgehead atoms. The highest BCUT2D eigenvalue weighted by atomic mass is 32.2. The SMILES string of the molecule is CC(=O)CS(=O)(=O)CC(C)(C)C. The fourth-order valence-electron chi connectivity index (χ4n) is 1.02. The van der Waals surface area contributed by atoms with Crippen LogP contribution in [0.25, 0.3) is 0 Å². The van der Waals surface area contributed by atoms with Crippen molar-refractivity contribution in [2.75, 3.05) is 11.5 Å². The van der Waals surface area contributed by atoms with Crippen LogP contribution in [0.15, 0.2) is 0 Å². The van der Waals surface area contributed by atoms with Crippen LogP contribution in [-0.2, 0) is 14.6 Å². The third-order valence-corrected chi connectivity index (χ3v) is 3.23. The van der Waals surface area contributed by atoms with Crippen LogP contribution in [0, 0.1) is 5.41 Å². The zero-order chi connectivity index (χ0) is 9.99. The standard InChI is InChI=1S/C8H16O3S/c1-7(9)5-12(10,11)6-8(2,3)4/h5-6H2,1-4H3. The van der Waals surface area contributed by atoms with Crippen LogP contribution in [0.3, 0.4) is 0 Å². The fourth-order valence-corrected chi connectivity index (χ4v) is 3.06. The summed E-state index contributed by atoms with van der Waals surface area (Å²) in [7, 11) is -3.19. The van der Waals surface area contributed by atoms with Crippen molar-refractivity contribution in [3.8, 4) is 0 Å². The Morgan fingerprint density at radius 1 is 1.25 bits per heavy atom. The third-order valence-electron chi connectivity index (χ3n) is 1.08. The summed E-state index contributed by atoms with van der Waals surface area (Å²) in [6, 6.07) is 0. The quantitative estimate of drug-likeness (QED) is 0.671. The maximum Gasteiger partial charge on any atom is 0.157 e. The molecule has 0 aromatic carbocycles. The lowest BCUT2D eigenvalue weighted by molar-refractivity contribution is -0.114. The van der Waals surface area contributed by atoms with E-state index in [2.05, 4.69) is 0 Å². The Labute approximate surface area is 74.1 Å². The molecule has 0 saturated heterocycles. The summed E-state index contributed by atoms with van der Waals surface area (Å²) in [4.78, 5) is 10.6. The minimum Gasteiger partial charge on any atom is -0.299 e. The van der Waals surface area contributed by atoms with E-state index in [1.807, 2.05) is 20.8 Å². The zero-order valence-corrected chi connectivity index (χ0v) is 8.86. The van der Waals surface area contributed by atoms with Crippen molar-refractivity contribution >= 4 is 15.6 Å². The molecule has 0 aliphatic heterocycles. The first-order chi connectivity index (χ1) is 5.12. The summed E-state index contributed by atoms with van der Waals surface area (Å²) >= 11 is 0. The van der Waals surface area contributed by atoms with Crippen molar-refractivity contribution in [2.45, 2.75) is 27.7 Å². The Kier molecular flexibility index (Phi) is 3.45. The zero-order valence-electron chi connectivity index (χ0n) is 8.05. The first kappa shape index (κ1) is 11.6. The van der Waals surface area contributed by atoms with Gasteiger partial charge in [0.25, 0.3) is 0 Å². The van der Waals surface area contributed by atoms with Crippen molar-refractivity contribution in [2.24, 2.45) is 5.41 Å². The van der Waals surface area contributed by atoms with Crippen molar-refractivity contribution < 1.29 is 13.2 Å². The van der Waals surface area contributed by atoms with Gasteiger partial charge in [0.15, 0.2) is 9.84 Å². The second kappa shape index (κ2) is 3.56. The van der Waals surface area contributed by atoms with Crippen LogP contribution in [0.2, 0.25) is 0 Å². The Morgan fingerprint density at radius 2 is 1.67 bits per heavy atom. The molecule has 0 radical (unpaired) electrons. The minimum absolute atomic E-state index is 0.0690. The molecule has 0 saturated carbocycles. The number of sulfone groups is 1. The minimum atomic E-state index is -3.19. The van der Waals surface area contributed by atoms with Gasteiger partial charge in [0, 0.05) is 0 Å². The lowest BCUT2D eigenvalue weighted by atomic mass is 10.0. The van der Waals surface area contributed by atoms with Crippen molar-refractivity contribution in [3.05, 3.63) is 0 Å². The lowest BCUT2D eigenvalue weighted by Gasteiger charge is -2.17. The van der Waals surface area contributed by atoms with E-state index in [9.17, 15) is 13.2 Å². The molecule has 0 aliphatic carbocycles. The topological polar surface area (TPSA) is 51.2 Å². The summed E-state index contributed by atoms with van der Waals surface area (Å²) in [6.45, 7) is 6.81. The predicted molar refractivity (Wildman–Crippen MR) is 48.8 cm³/mol. The molecule has 4 heteroatoms. The molecule has 0 atom stereocenters. The van der Waals surface area contributed by atoms with Crippen LogP contribution in [0.5, 0.6) is 0 Å². The number of rotatable bonds is 3. The Hall–Kier alpha value is -0.380. The first-order valence-electron chi connectivity index (χ1n) is 3.82. The molecule has 12 heavy (non-hydrogen) atoms. The largest absolute Gasteiger partial charge is 0.299 e. The highest BCUT2D eigenvalue weighted by Gasteiger charge is 2.22. The van der Waals surface area contributed by atoms with Gasteiger partial charge in [0.1, 0.15) is 11.5 Å². The van der Waals surface area contributed by atoms with Gasteiger partial charge >= 0.3 is 0 Å². The van der Waals surface area contributed by atoms with Gasteiger partial charge in [-0.1, -0.05) is 20.8 Å². The normalized spacial score (nSPS) is 13.0. The predicted octanol–water partition coefficient (Wildman–Crippen LogP) is 1.04. The number of carbonyl (C=O) groups is 1. The summed E-state index contributed by atoms with van der Waals surface area (Å²) < 4.78 is 22.5. The molecule has 72 valence electrons. The van der Waals surface area contributed by atoms with Crippen LogP contribution < -0.4 is 0 Å². The summed E-state index contributed by atoms with van der Waals surface area (Å²) in [5.74, 6) is -0.552. The fraction of sp³-hybridized carbons (Fsp3) is 0.875. The van der Waals surface area contributed by atoms with E-state index in [-0.39, 0.29) is 22.7 Å². The second-order valence-corrected chi connectivity index (χ2v) is 6.36. The van der Waals surface area contributed by atoms with E-state index in [4.69, 9.17) is 0 Å². The van der Waals surface area contributed by atoms with Crippen molar-refractivity contribution in [3.63, 3.8) is 0 Å². The number of carbonyl (C=O) groups excluding carboxylic acids is 1. The molecule has 0 aliphatic rings. The maximum absolute atomic E-state index is 11.2. The average molecular weight is 192 g/mol. The molecule has 0 aromatic rings. The molecule has 0 spiro atoms. The van der Waals surface area contributed by atoms with Gasteiger partial charge in [-0.3, -0.25) is 4.79 Å². The molecule has 3 nitrogen and oxygen atoms in total. The lowest BCUT2D eigenvalue weighted by Crippen LogP contribution is -2.25. The Bertz CT molecular complexity index is 257. The maximum atomic E-state index is 11.2. The number of Topliss-reactive ketones (excluding diaryl/α,β-unsaturated/α-hetero) is 1. The van der Waals surface area contributed by atoms with Crippen LogP contribution in [-0.4, -0.2) is 25.7 Å². The number of hydrogen-bond acceptors (Lipinski definition) is 3. The van der Waals surface area contributed by atoms with Gasteiger partial charge in [0.05, 0.1) is 5.75 Å². The van der Waals surface area contributed by atoms with Gasteiger partial charge in [-0.15, -0.1) is 0 Å². The van der Waals surface area contributed by atoms with Crippen molar-refractivity contribution in [1.29, 1.82) is 0 Å². The smallest absolute Gasteiger partial charge is 0.157 e. The monoisotopic (exact) mass is 192 g/mol. The molecule has 0 rings (SSSR count). The van der Waals surface area contributed by atoms with Gasteiger partial charge in [-0.25, -0.2) is 8.42 Å². The van der Waals surface area contributed by atoms with Crippen LogP contribution in [0.4, 0.5) is 0 Å². The number of hydrogen-bond donors (Lipinski definition) is 0. The Morgan fingerprint density at radius 3 is 1.92 bits per heavy atom. The van der Waals surface area contributed by atoms with Gasteiger partial charge < -0.3 is 0 Å². The van der Waals surface area contributed by atoms with E-state index in [1.54, 1.807) is 0 Å². The summed E-state index contributed by atoms with van der Waals surface area (Å²) in [5, 5.41) is 0. The molecular weight excluding hydrogens is 176 g/mol. The second-order valence-electron chi connectivity index (χ2n) is 4.29. The summed E-state index contributed by atoms with van der Waals surface area (Å²) in [5.41, 5.74) is -0.270. The number of ketones is 1. The Balaban J connectivity index is 4.36. The molecular formula is C8H16O3S. The molecule has 0 amide bonds. The van der Waals surface area contributed by atoms with Gasteiger partial charge in [-0.2, -0.15) is 0 Å². The average Bonchev–Trinajstić information content (AvgIpc) is 1.48. The molecule has 0 unspecified atom stereocenters. The third kappa shape index (κ3) is 6.34. The van der Waals surface area contributed by atoms with E-state index in [0.29, 0.717) is 0 Å². The molecule has 0 N–H and O–H groups in total. The van der Waals surface area contributed by atoms with Gasteiger partial charge in [0.2, 0.25) is 0 Å². The molecule has 0 fully saturated rings. The molecule has 0 heterocycles. The van der Waals surface area contributed by atoms with E-state index >= 15 is 0 Å². The van der Waals surface area contributed by atoms with E-state index in [1.165, 1.54) is 6.92 Å². The first-order valence-corrected chi connectivity index (χ1v) is 5.64. The molecule has 0 aromatic heterocycles. The van der Waals surface area contributed by atoms with Crippen molar-refractivity contribution in [1.82, 2.24) is 0 Å². The van der Waals surface area contributed by atoms with Crippen LogP contribution >= 0.6 is 0 Å². The van der Waals surface area contributed by atoms with Crippen LogP contribution in [0.1, 0.15) is 27.7 Å². The highest BCUT2D eigenvalue weighted by molar-refractivity contribution is 7.92. The van der Waals surface area contributed by atoms with E-state index in [0.717, 1.165) is 0 Å².